The van der Waals surface area contributed by atoms with Crippen LogP contribution in [0.5, 0.6) is 0 Å². The smallest absolute Gasteiger partial charge is 0.137 e. The number of fused-ring (bicyclic) bond motifs is 15. The van der Waals surface area contributed by atoms with Crippen LogP contribution in [0.3, 0.4) is 0 Å². The fourth-order valence-electron chi connectivity index (χ4n) is 10.2. The maximum Gasteiger partial charge on any atom is 0.137 e. The summed E-state index contributed by atoms with van der Waals surface area (Å²) < 4.78 is 12.5. The van der Waals surface area contributed by atoms with Crippen molar-refractivity contribution in [2.45, 2.75) is 12.8 Å². The lowest BCUT2D eigenvalue weighted by atomic mass is 10.0. The van der Waals surface area contributed by atoms with Crippen LogP contribution in [0.25, 0.3) is 119 Å². The van der Waals surface area contributed by atoms with Crippen molar-refractivity contribution in [3.05, 3.63) is 187 Å². The van der Waals surface area contributed by atoms with E-state index in [0.29, 0.717) is 0 Å². The third-order valence-electron chi connectivity index (χ3n) is 12.9. The van der Waals surface area contributed by atoms with Crippen molar-refractivity contribution < 1.29 is 0 Å². The fourth-order valence-corrected chi connectivity index (χ4v) is 12.7. The molecule has 0 amide bonds. The van der Waals surface area contributed by atoms with Gasteiger partial charge < -0.3 is 13.5 Å². The molecule has 13 aromatic rings. The van der Waals surface area contributed by atoms with Crippen molar-refractivity contribution in [1.29, 1.82) is 0 Å². The average Bonchev–Trinajstić information content (AvgIpc) is 4.14. The van der Waals surface area contributed by atoms with Gasteiger partial charge in [0.15, 0.2) is 0 Å². The minimum absolute atomic E-state index is 0.947. The number of thiophene rings is 2. The summed E-state index contributed by atoms with van der Waals surface area (Å²) in [6.07, 6.45) is 10.9. The van der Waals surface area contributed by atoms with Gasteiger partial charge in [-0.2, -0.15) is 0 Å². The quantitative estimate of drug-likeness (QED) is 0.174. The second kappa shape index (κ2) is 12.6. The van der Waals surface area contributed by atoms with Gasteiger partial charge in [-0.05, 0) is 84.6 Å². The summed E-state index contributed by atoms with van der Waals surface area (Å²) in [7, 11) is 0. The lowest BCUT2D eigenvalue weighted by molar-refractivity contribution is 0.888. The van der Waals surface area contributed by atoms with E-state index in [4.69, 9.17) is 4.98 Å². The Bertz CT molecular complexity index is 3960. The van der Waals surface area contributed by atoms with E-state index in [0.717, 1.165) is 35.4 Å². The maximum absolute atomic E-state index is 4.93. The second-order valence-corrected chi connectivity index (χ2v) is 18.4. The minimum atomic E-state index is 0.947. The molecule has 0 radical (unpaired) electrons. The van der Waals surface area contributed by atoms with E-state index in [2.05, 4.69) is 184 Å². The van der Waals surface area contributed by atoms with Crippen LogP contribution in [0.15, 0.2) is 176 Å². The number of aromatic nitrogens is 4. The van der Waals surface area contributed by atoms with E-state index in [1.165, 1.54) is 101 Å². The molecule has 0 saturated carbocycles. The summed E-state index contributed by atoms with van der Waals surface area (Å²) in [6, 6.07) is 58.4. The van der Waals surface area contributed by atoms with E-state index in [9.17, 15) is 0 Å². The molecule has 61 heavy (non-hydrogen) atoms. The van der Waals surface area contributed by atoms with Crippen molar-refractivity contribution in [3.63, 3.8) is 0 Å². The summed E-state index contributed by atoms with van der Waals surface area (Å²) in [5, 5.41) is 9.27. The van der Waals surface area contributed by atoms with Crippen LogP contribution in [-0.4, -0.2) is 18.5 Å². The van der Waals surface area contributed by atoms with Gasteiger partial charge in [-0.1, -0.05) is 109 Å². The van der Waals surface area contributed by atoms with Crippen molar-refractivity contribution >= 4 is 107 Å². The largest absolute Gasteiger partial charge is 0.313 e. The van der Waals surface area contributed by atoms with Gasteiger partial charge in [-0.3, -0.25) is 0 Å². The first-order valence-electron chi connectivity index (χ1n) is 20.9. The highest BCUT2D eigenvalue weighted by atomic mass is 32.1. The molecule has 7 aromatic carbocycles. The third-order valence-corrected chi connectivity index (χ3v) is 15.3. The highest BCUT2D eigenvalue weighted by Crippen LogP contribution is 2.46. The molecule has 6 heteroatoms. The Hall–Kier alpha value is -7.25. The zero-order valence-electron chi connectivity index (χ0n) is 32.8. The molecular formula is C55H34N4S2. The molecule has 0 N–H and O–H groups in total. The minimum Gasteiger partial charge on any atom is -0.313 e. The number of imidazole rings is 1. The molecule has 1 aliphatic rings. The van der Waals surface area contributed by atoms with Crippen LogP contribution < -0.4 is 0 Å². The second-order valence-electron chi connectivity index (χ2n) is 16.3. The molecular weight excluding hydrogens is 781 g/mol. The first-order chi connectivity index (χ1) is 30.2. The third kappa shape index (κ3) is 4.83. The van der Waals surface area contributed by atoms with Gasteiger partial charge in [0.2, 0.25) is 0 Å². The molecule has 286 valence electrons. The number of nitrogens with zero attached hydrogens (tertiary/aromatic N) is 4. The van der Waals surface area contributed by atoms with E-state index in [1.54, 1.807) is 0 Å². The molecule has 14 rings (SSSR count). The van der Waals surface area contributed by atoms with Gasteiger partial charge in [0, 0.05) is 97.1 Å². The Balaban J connectivity index is 1.05. The Kier molecular flexibility index (Phi) is 6.95. The molecule has 0 atom stereocenters. The fraction of sp³-hybridized carbons (Fsp3) is 0.0364. The topological polar surface area (TPSA) is 27.2 Å². The molecule has 0 fully saturated rings. The van der Waals surface area contributed by atoms with Crippen molar-refractivity contribution in [2.24, 2.45) is 0 Å². The molecule has 6 heterocycles. The van der Waals surface area contributed by atoms with E-state index < -0.39 is 0 Å². The van der Waals surface area contributed by atoms with Gasteiger partial charge in [0.25, 0.3) is 0 Å². The molecule has 0 aliphatic heterocycles. The van der Waals surface area contributed by atoms with Crippen LogP contribution in [0.2, 0.25) is 0 Å². The molecule has 4 nitrogen and oxygen atoms in total. The lowest BCUT2D eigenvalue weighted by Crippen LogP contribution is -2.05. The summed E-state index contributed by atoms with van der Waals surface area (Å²) >= 11 is 3.83. The zero-order valence-corrected chi connectivity index (χ0v) is 34.5. The normalized spacial score (nSPS) is 13.0. The standard InChI is InChI=1S/C55H34N4S2/c1-5-15-45-42(13-1)52-47(26-24-40-38-11-3-7-17-49(38)60-54(40)52)58(45)36-29-35(33-20-22-34(23-21-33)44-32-57-28-10-9-19-51(57)56-44)30-37(31-36)59-46-16-6-2-14-43(46)53-48(59)27-25-41-39-12-4-8-18-50(39)61-55(41)53/h1-5,7-15,17-32H,6,16H2. The highest BCUT2D eigenvalue weighted by molar-refractivity contribution is 7.27. The number of para-hydroxylation sites is 1. The lowest BCUT2D eigenvalue weighted by Gasteiger charge is -2.18. The van der Waals surface area contributed by atoms with Crippen LogP contribution in [0, 0.1) is 0 Å². The molecule has 1 aliphatic carbocycles. The van der Waals surface area contributed by atoms with Crippen LogP contribution in [0.4, 0.5) is 0 Å². The zero-order chi connectivity index (χ0) is 39.8. The summed E-state index contributed by atoms with van der Waals surface area (Å²) in [4.78, 5) is 4.93. The molecule has 0 unspecified atom stereocenters. The number of rotatable bonds is 4. The first-order valence-corrected chi connectivity index (χ1v) is 22.5. The van der Waals surface area contributed by atoms with E-state index >= 15 is 0 Å². The average molecular weight is 815 g/mol. The highest BCUT2D eigenvalue weighted by Gasteiger charge is 2.24. The van der Waals surface area contributed by atoms with Crippen LogP contribution in [-0.2, 0) is 6.42 Å². The van der Waals surface area contributed by atoms with Crippen molar-refractivity contribution in [2.75, 3.05) is 0 Å². The van der Waals surface area contributed by atoms with Crippen LogP contribution in [0.1, 0.15) is 17.7 Å². The Labute approximate surface area is 358 Å². The van der Waals surface area contributed by atoms with Gasteiger partial charge in [0.05, 0.1) is 22.2 Å². The van der Waals surface area contributed by atoms with Crippen molar-refractivity contribution in [1.82, 2.24) is 18.5 Å². The molecule has 0 bridgehead atoms. The summed E-state index contributed by atoms with van der Waals surface area (Å²) in [5.41, 5.74) is 14.1. The van der Waals surface area contributed by atoms with E-state index in [-0.39, 0.29) is 0 Å². The maximum atomic E-state index is 4.93. The predicted octanol–water partition coefficient (Wildman–Crippen LogP) is 15.4. The van der Waals surface area contributed by atoms with Gasteiger partial charge in [-0.25, -0.2) is 4.98 Å². The number of hydrogen-bond donors (Lipinski definition) is 0. The molecule has 6 aromatic heterocycles. The summed E-state index contributed by atoms with van der Waals surface area (Å²) in [6.45, 7) is 0. The van der Waals surface area contributed by atoms with Crippen molar-refractivity contribution in [3.8, 4) is 33.8 Å². The number of benzene rings is 7. The predicted molar refractivity (Wildman–Crippen MR) is 260 cm³/mol. The van der Waals surface area contributed by atoms with Gasteiger partial charge in [-0.15, -0.1) is 22.7 Å². The summed E-state index contributed by atoms with van der Waals surface area (Å²) in [5.74, 6) is 0. The van der Waals surface area contributed by atoms with Gasteiger partial charge >= 0.3 is 0 Å². The van der Waals surface area contributed by atoms with E-state index in [1.807, 2.05) is 34.8 Å². The number of pyridine rings is 1. The SMILES string of the molecule is C1=Cc2c(n(-c3cc(-c4ccc(-c5cn6ccccc6n5)cc4)cc(-n4c5ccccc5c5c6sc7ccccc7c6ccc54)c3)c3ccc4c5ccccc5sc4c23)CC1. The number of hydrogen-bond acceptors (Lipinski definition) is 3. The number of allylic oxidation sites excluding steroid dienone is 1. The Morgan fingerprint density at radius 2 is 1.13 bits per heavy atom. The Morgan fingerprint density at radius 3 is 1.89 bits per heavy atom. The Morgan fingerprint density at radius 1 is 0.492 bits per heavy atom. The van der Waals surface area contributed by atoms with Gasteiger partial charge in [0.1, 0.15) is 5.65 Å². The molecule has 0 spiro atoms. The monoisotopic (exact) mass is 814 g/mol. The van der Waals surface area contributed by atoms with Crippen LogP contribution >= 0.6 is 22.7 Å². The molecule has 0 saturated heterocycles. The first kappa shape index (κ1) is 33.6.